The quantitative estimate of drug-likeness (QED) is 0.642. The molecular weight excluding hydrogens is 182 g/mol. The monoisotopic (exact) mass is 198 g/mol. The van der Waals surface area contributed by atoms with E-state index in [9.17, 15) is 8.78 Å². The first-order valence-corrected chi connectivity index (χ1v) is 4.75. The third-order valence-electron chi connectivity index (χ3n) is 2.18. The third-order valence-corrected chi connectivity index (χ3v) is 2.18. The number of halogens is 2. The molecule has 0 atom stereocenters. The van der Waals surface area contributed by atoms with Crippen LogP contribution in [-0.2, 0) is 6.42 Å². The number of hydrogen-bond acceptors (Lipinski definition) is 0. The van der Waals surface area contributed by atoms with Crippen LogP contribution in [0.15, 0.2) is 12.1 Å². The topological polar surface area (TPSA) is 0 Å². The van der Waals surface area contributed by atoms with Gasteiger partial charge in [0.1, 0.15) is 11.6 Å². The molecule has 0 unspecified atom stereocenters. The van der Waals surface area contributed by atoms with Gasteiger partial charge < -0.3 is 0 Å². The van der Waals surface area contributed by atoms with E-state index in [1.165, 1.54) is 12.1 Å². The number of hydrogen-bond donors (Lipinski definition) is 0. The minimum absolute atomic E-state index is 0.0284. The maximum Gasteiger partial charge on any atom is 0.126 e. The molecule has 0 radical (unpaired) electrons. The number of rotatable bonds is 1. The molecule has 0 heterocycles. The maximum absolute atomic E-state index is 13.4. The summed E-state index contributed by atoms with van der Waals surface area (Å²) in [5, 5.41) is 0. The molecule has 0 aliphatic carbocycles. The molecule has 0 N–H and O–H groups in total. The van der Waals surface area contributed by atoms with E-state index in [1.807, 2.05) is 20.8 Å². The van der Waals surface area contributed by atoms with Crippen molar-refractivity contribution < 1.29 is 8.78 Å². The van der Waals surface area contributed by atoms with Crippen LogP contribution in [0.3, 0.4) is 0 Å². The minimum Gasteiger partial charge on any atom is -0.207 e. The Balaban J connectivity index is 3.13. The van der Waals surface area contributed by atoms with E-state index in [2.05, 4.69) is 0 Å². The zero-order valence-electron chi connectivity index (χ0n) is 9.12. The van der Waals surface area contributed by atoms with Gasteiger partial charge in [0.15, 0.2) is 0 Å². The van der Waals surface area contributed by atoms with Crippen molar-refractivity contribution in [2.24, 2.45) is 5.41 Å². The summed E-state index contributed by atoms with van der Waals surface area (Å²) in [4.78, 5) is 0. The Bertz CT molecular complexity index is 335. The summed E-state index contributed by atoms with van der Waals surface area (Å²) in [6.07, 6.45) is 0.558. The highest BCUT2D eigenvalue weighted by Crippen LogP contribution is 2.25. The lowest BCUT2D eigenvalue weighted by Gasteiger charge is -2.20. The zero-order chi connectivity index (χ0) is 10.9. The molecule has 0 fully saturated rings. The van der Waals surface area contributed by atoms with Gasteiger partial charge in [-0.3, -0.25) is 0 Å². The Morgan fingerprint density at radius 2 is 1.57 bits per heavy atom. The van der Waals surface area contributed by atoms with Gasteiger partial charge in [-0.15, -0.1) is 0 Å². The van der Waals surface area contributed by atoms with E-state index in [-0.39, 0.29) is 17.0 Å². The fourth-order valence-corrected chi connectivity index (χ4v) is 1.44. The predicted octanol–water partition coefficient (Wildman–Crippen LogP) is 3.86. The standard InChI is InChI=1S/C12H16F2/c1-8-9(7-12(2,3)4)11(14)6-5-10(8)13/h5-6H,7H2,1-4H3. The SMILES string of the molecule is Cc1c(F)ccc(F)c1CC(C)(C)C. The molecule has 0 aliphatic heterocycles. The van der Waals surface area contributed by atoms with Gasteiger partial charge in [-0.1, -0.05) is 20.8 Å². The van der Waals surface area contributed by atoms with Crippen LogP contribution in [0.5, 0.6) is 0 Å². The van der Waals surface area contributed by atoms with Gasteiger partial charge in [-0.2, -0.15) is 0 Å². The molecule has 0 amide bonds. The van der Waals surface area contributed by atoms with Gasteiger partial charge >= 0.3 is 0 Å². The predicted molar refractivity (Wildman–Crippen MR) is 54.3 cm³/mol. The van der Waals surface area contributed by atoms with Crippen LogP contribution in [0, 0.1) is 24.0 Å². The van der Waals surface area contributed by atoms with Crippen molar-refractivity contribution in [2.75, 3.05) is 0 Å². The van der Waals surface area contributed by atoms with Gasteiger partial charge in [-0.25, -0.2) is 8.78 Å². The van der Waals surface area contributed by atoms with Gasteiger partial charge in [0.05, 0.1) is 0 Å². The van der Waals surface area contributed by atoms with Crippen molar-refractivity contribution in [3.8, 4) is 0 Å². The Kier molecular flexibility index (Phi) is 2.93. The maximum atomic E-state index is 13.4. The fraction of sp³-hybridized carbons (Fsp3) is 0.500. The molecule has 78 valence electrons. The molecule has 1 aromatic carbocycles. The summed E-state index contributed by atoms with van der Waals surface area (Å²) in [5.74, 6) is -0.635. The largest absolute Gasteiger partial charge is 0.207 e. The zero-order valence-corrected chi connectivity index (χ0v) is 9.12. The average Bonchev–Trinajstić information content (AvgIpc) is 2.04. The summed E-state index contributed by atoms with van der Waals surface area (Å²) in [7, 11) is 0. The van der Waals surface area contributed by atoms with E-state index in [4.69, 9.17) is 0 Å². The molecule has 1 aromatic rings. The Morgan fingerprint density at radius 1 is 1.07 bits per heavy atom. The molecule has 0 aliphatic rings. The normalized spacial score (nSPS) is 11.9. The van der Waals surface area contributed by atoms with Crippen LogP contribution in [0.1, 0.15) is 31.9 Å². The van der Waals surface area contributed by atoms with Crippen LogP contribution in [0.2, 0.25) is 0 Å². The molecule has 0 aromatic heterocycles. The molecule has 2 heteroatoms. The summed E-state index contributed by atoms with van der Waals surface area (Å²) < 4.78 is 26.6. The Hall–Kier alpha value is -0.920. The molecular formula is C12H16F2. The molecule has 14 heavy (non-hydrogen) atoms. The average molecular weight is 198 g/mol. The van der Waals surface area contributed by atoms with Crippen LogP contribution in [-0.4, -0.2) is 0 Å². The van der Waals surface area contributed by atoms with Crippen LogP contribution >= 0.6 is 0 Å². The highest BCUT2D eigenvalue weighted by molar-refractivity contribution is 5.29. The molecule has 0 spiro atoms. The highest BCUT2D eigenvalue weighted by atomic mass is 19.1. The summed E-state index contributed by atoms with van der Waals surface area (Å²) in [5.41, 5.74) is 0.900. The smallest absolute Gasteiger partial charge is 0.126 e. The van der Waals surface area contributed by atoms with Crippen molar-refractivity contribution >= 4 is 0 Å². The molecule has 0 saturated heterocycles. The lowest BCUT2D eigenvalue weighted by molar-refractivity contribution is 0.399. The first-order valence-electron chi connectivity index (χ1n) is 4.75. The highest BCUT2D eigenvalue weighted by Gasteiger charge is 2.17. The van der Waals surface area contributed by atoms with Crippen molar-refractivity contribution in [1.29, 1.82) is 0 Å². The fourth-order valence-electron chi connectivity index (χ4n) is 1.44. The van der Waals surface area contributed by atoms with Crippen molar-refractivity contribution in [3.05, 3.63) is 34.9 Å². The Morgan fingerprint density at radius 3 is 2.07 bits per heavy atom. The Labute approximate surface area is 84.0 Å². The van der Waals surface area contributed by atoms with E-state index < -0.39 is 0 Å². The van der Waals surface area contributed by atoms with E-state index >= 15 is 0 Å². The second-order valence-corrected chi connectivity index (χ2v) is 4.87. The van der Waals surface area contributed by atoms with Gasteiger partial charge in [-0.05, 0) is 42.0 Å². The molecule has 0 nitrogen and oxygen atoms in total. The summed E-state index contributed by atoms with van der Waals surface area (Å²) in [6, 6.07) is 2.38. The second-order valence-electron chi connectivity index (χ2n) is 4.87. The van der Waals surface area contributed by atoms with Crippen LogP contribution in [0.25, 0.3) is 0 Å². The molecule has 0 bridgehead atoms. The molecule has 1 rings (SSSR count). The first-order chi connectivity index (χ1) is 6.31. The lowest BCUT2D eigenvalue weighted by Crippen LogP contribution is -2.12. The van der Waals surface area contributed by atoms with E-state index in [0.29, 0.717) is 17.5 Å². The van der Waals surface area contributed by atoms with E-state index in [1.54, 1.807) is 6.92 Å². The van der Waals surface area contributed by atoms with Gasteiger partial charge in [0.25, 0.3) is 0 Å². The minimum atomic E-state index is -0.328. The van der Waals surface area contributed by atoms with Crippen LogP contribution < -0.4 is 0 Å². The van der Waals surface area contributed by atoms with Crippen molar-refractivity contribution in [3.63, 3.8) is 0 Å². The second kappa shape index (κ2) is 3.68. The number of benzene rings is 1. The van der Waals surface area contributed by atoms with Crippen molar-refractivity contribution in [1.82, 2.24) is 0 Å². The third kappa shape index (κ3) is 2.53. The molecule has 0 saturated carbocycles. The van der Waals surface area contributed by atoms with Crippen molar-refractivity contribution in [2.45, 2.75) is 34.1 Å². The van der Waals surface area contributed by atoms with Crippen LogP contribution in [0.4, 0.5) is 8.78 Å². The summed E-state index contributed by atoms with van der Waals surface area (Å²) in [6.45, 7) is 7.66. The lowest BCUT2D eigenvalue weighted by atomic mass is 9.86. The van der Waals surface area contributed by atoms with E-state index in [0.717, 1.165) is 0 Å². The summed E-state index contributed by atoms with van der Waals surface area (Å²) >= 11 is 0. The first kappa shape index (κ1) is 11.2. The van der Waals surface area contributed by atoms with Gasteiger partial charge in [0, 0.05) is 0 Å². The van der Waals surface area contributed by atoms with Gasteiger partial charge in [0.2, 0.25) is 0 Å².